The molecule has 1 heterocycles. The maximum absolute atomic E-state index is 12.0. The summed E-state index contributed by atoms with van der Waals surface area (Å²) in [7, 11) is 0. The monoisotopic (exact) mass is 317 g/mol. The van der Waals surface area contributed by atoms with Crippen LogP contribution in [0.25, 0.3) is 11.5 Å². The number of amides is 1. The number of phenolic OH excluding ortho intramolecular Hbond substituents is 1. The van der Waals surface area contributed by atoms with Gasteiger partial charge in [0.25, 0.3) is 5.89 Å². The lowest BCUT2D eigenvalue weighted by Gasteiger charge is -2.07. The van der Waals surface area contributed by atoms with E-state index in [-0.39, 0.29) is 17.5 Å². The Morgan fingerprint density at radius 2 is 2.00 bits per heavy atom. The van der Waals surface area contributed by atoms with E-state index in [2.05, 4.69) is 22.4 Å². The first-order valence-corrected chi connectivity index (χ1v) is 8.10. The number of phenols is 1. The third kappa shape index (κ3) is 5.39. The van der Waals surface area contributed by atoms with E-state index in [0.717, 1.165) is 12.8 Å². The zero-order chi connectivity index (χ0) is 16.5. The van der Waals surface area contributed by atoms with Gasteiger partial charge >= 0.3 is 0 Å². The molecule has 6 nitrogen and oxygen atoms in total. The van der Waals surface area contributed by atoms with Crippen molar-refractivity contribution >= 4 is 11.6 Å². The molecule has 6 heteroatoms. The smallest absolute Gasteiger partial charge is 0.251 e. The van der Waals surface area contributed by atoms with Crippen LogP contribution in [0.2, 0.25) is 0 Å². The second kappa shape index (κ2) is 8.92. The largest absolute Gasteiger partial charge is 0.507 e. The summed E-state index contributed by atoms with van der Waals surface area (Å²) in [5.41, 5.74) is 1.01. The van der Waals surface area contributed by atoms with Crippen molar-refractivity contribution in [2.24, 2.45) is 0 Å². The van der Waals surface area contributed by atoms with Crippen molar-refractivity contribution in [3.63, 3.8) is 0 Å². The summed E-state index contributed by atoms with van der Waals surface area (Å²) in [5, 5.41) is 20.0. The van der Waals surface area contributed by atoms with Gasteiger partial charge in [-0.15, -0.1) is 10.2 Å². The first kappa shape index (κ1) is 17.0. The van der Waals surface area contributed by atoms with E-state index in [4.69, 9.17) is 4.42 Å². The van der Waals surface area contributed by atoms with Crippen LogP contribution < -0.4 is 5.32 Å². The highest BCUT2D eigenvalue weighted by Gasteiger charge is 2.11. The molecule has 0 bridgehead atoms. The average Bonchev–Trinajstić information content (AvgIpc) is 3.07. The molecule has 0 radical (unpaired) electrons. The molecule has 2 rings (SSSR count). The molecule has 1 aromatic carbocycles. The summed E-state index contributed by atoms with van der Waals surface area (Å²) in [6.45, 7) is 2.19. The lowest BCUT2D eigenvalue weighted by molar-refractivity contribution is -0.116. The standard InChI is InChI=1S/C17H23N3O3/c1-2-3-4-5-6-7-8-16(22)19-13-9-10-15(21)14(11-13)17-20-18-12-23-17/h9-12,21H,2-8H2,1H3,(H,19,22). The molecule has 0 aliphatic rings. The molecule has 1 amide bonds. The topological polar surface area (TPSA) is 88.2 Å². The van der Waals surface area contributed by atoms with Crippen LogP contribution in [0.15, 0.2) is 29.0 Å². The zero-order valence-corrected chi connectivity index (χ0v) is 13.4. The van der Waals surface area contributed by atoms with Gasteiger partial charge in [0, 0.05) is 12.1 Å². The molecule has 0 unspecified atom stereocenters. The molecule has 1 aromatic heterocycles. The first-order valence-electron chi connectivity index (χ1n) is 8.10. The maximum Gasteiger partial charge on any atom is 0.251 e. The Bertz CT molecular complexity index is 612. The van der Waals surface area contributed by atoms with E-state index in [1.807, 2.05) is 0 Å². The third-order valence-corrected chi connectivity index (χ3v) is 3.63. The second-order valence-electron chi connectivity index (χ2n) is 5.54. The Morgan fingerprint density at radius 3 is 2.74 bits per heavy atom. The highest BCUT2D eigenvalue weighted by molar-refractivity contribution is 5.91. The number of carbonyl (C=O) groups is 1. The lowest BCUT2D eigenvalue weighted by Crippen LogP contribution is -2.11. The minimum Gasteiger partial charge on any atom is -0.507 e. The van der Waals surface area contributed by atoms with Crippen LogP contribution in [0.1, 0.15) is 51.9 Å². The van der Waals surface area contributed by atoms with Crippen LogP contribution in [0.5, 0.6) is 5.75 Å². The highest BCUT2D eigenvalue weighted by atomic mass is 16.4. The van der Waals surface area contributed by atoms with Gasteiger partial charge in [0.2, 0.25) is 12.3 Å². The molecule has 0 aliphatic heterocycles. The predicted octanol–water partition coefficient (Wildman–Crippen LogP) is 4.13. The summed E-state index contributed by atoms with van der Waals surface area (Å²) in [5.74, 6) is 0.223. The number of nitrogens with one attached hydrogen (secondary N) is 1. The van der Waals surface area contributed by atoms with E-state index in [1.54, 1.807) is 12.1 Å². The van der Waals surface area contributed by atoms with Gasteiger partial charge in [-0.2, -0.15) is 0 Å². The minimum absolute atomic E-state index is 0.0253. The Balaban J connectivity index is 1.83. The van der Waals surface area contributed by atoms with Crippen molar-refractivity contribution < 1.29 is 14.3 Å². The maximum atomic E-state index is 12.0. The number of anilines is 1. The molecule has 0 aliphatic carbocycles. The molecule has 124 valence electrons. The van der Waals surface area contributed by atoms with Crippen LogP contribution in [-0.2, 0) is 4.79 Å². The highest BCUT2D eigenvalue weighted by Crippen LogP contribution is 2.30. The summed E-state index contributed by atoms with van der Waals surface area (Å²) in [4.78, 5) is 12.0. The molecule has 0 spiro atoms. The van der Waals surface area contributed by atoms with Crippen LogP contribution in [0.4, 0.5) is 5.69 Å². The van der Waals surface area contributed by atoms with Crippen molar-refractivity contribution in [1.29, 1.82) is 0 Å². The van der Waals surface area contributed by atoms with Crippen LogP contribution in [-0.4, -0.2) is 21.2 Å². The minimum atomic E-state index is -0.0253. The lowest BCUT2D eigenvalue weighted by atomic mass is 10.1. The molecular weight excluding hydrogens is 294 g/mol. The molecular formula is C17H23N3O3. The Morgan fingerprint density at radius 1 is 1.22 bits per heavy atom. The van der Waals surface area contributed by atoms with Gasteiger partial charge in [0.05, 0.1) is 5.56 Å². The number of carbonyl (C=O) groups excluding carboxylic acids is 1. The number of hydrogen-bond donors (Lipinski definition) is 2. The van der Waals surface area contributed by atoms with Crippen molar-refractivity contribution in [3.8, 4) is 17.2 Å². The summed E-state index contributed by atoms with van der Waals surface area (Å²) >= 11 is 0. The number of benzene rings is 1. The molecule has 0 saturated carbocycles. The molecule has 0 fully saturated rings. The third-order valence-electron chi connectivity index (χ3n) is 3.63. The number of hydrogen-bond acceptors (Lipinski definition) is 5. The normalized spacial score (nSPS) is 10.7. The van der Waals surface area contributed by atoms with E-state index in [1.165, 1.54) is 38.1 Å². The summed E-state index contributed by atoms with van der Waals surface area (Å²) in [6, 6.07) is 4.77. The molecule has 0 atom stereocenters. The zero-order valence-electron chi connectivity index (χ0n) is 13.4. The van der Waals surface area contributed by atoms with Gasteiger partial charge < -0.3 is 14.8 Å². The Labute approximate surface area is 135 Å². The van der Waals surface area contributed by atoms with Gasteiger partial charge in [0.15, 0.2) is 0 Å². The molecule has 2 aromatic rings. The van der Waals surface area contributed by atoms with Crippen molar-refractivity contribution in [2.75, 3.05) is 5.32 Å². The van der Waals surface area contributed by atoms with Gasteiger partial charge in [-0.25, -0.2) is 0 Å². The number of rotatable bonds is 9. The number of nitrogens with zero attached hydrogens (tertiary/aromatic N) is 2. The van der Waals surface area contributed by atoms with E-state index < -0.39 is 0 Å². The second-order valence-corrected chi connectivity index (χ2v) is 5.54. The van der Waals surface area contributed by atoms with Gasteiger partial charge in [0.1, 0.15) is 5.75 Å². The van der Waals surface area contributed by atoms with Crippen LogP contribution in [0.3, 0.4) is 0 Å². The van der Waals surface area contributed by atoms with Crippen molar-refractivity contribution in [3.05, 3.63) is 24.6 Å². The fraction of sp³-hybridized carbons (Fsp3) is 0.471. The summed E-state index contributed by atoms with van der Waals surface area (Å²) < 4.78 is 5.08. The predicted molar refractivity (Wildman–Crippen MR) is 88.0 cm³/mol. The van der Waals surface area contributed by atoms with Gasteiger partial charge in [-0.05, 0) is 24.6 Å². The number of unbranched alkanes of at least 4 members (excludes halogenated alkanes) is 5. The fourth-order valence-electron chi connectivity index (χ4n) is 2.36. The van der Waals surface area contributed by atoms with Crippen LogP contribution in [0, 0.1) is 0 Å². The van der Waals surface area contributed by atoms with Gasteiger partial charge in [-0.3, -0.25) is 4.79 Å². The molecule has 23 heavy (non-hydrogen) atoms. The first-order chi connectivity index (χ1) is 11.2. The van der Waals surface area contributed by atoms with E-state index >= 15 is 0 Å². The summed E-state index contributed by atoms with van der Waals surface area (Å²) in [6.07, 6.45) is 8.58. The Kier molecular flexibility index (Phi) is 6.59. The molecule has 0 saturated heterocycles. The van der Waals surface area contributed by atoms with E-state index in [9.17, 15) is 9.90 Å². The van der Waals surface area contributed by atoms with Gasteiger partial charge in [-0.1, -0.05) is 39.0 Å². The number of aromatic nitrogens is 2. The van der Waals surface area contributed by atoms with Crippen molar-refractivity contribution in [2.45, 2.75) is 51.9 Å². The molecule has 2 N–H and O–H groups in total. The number of aromatic hydroxyl groups is 1. The SMILES string of the molecule is CCCCCCCCC(=O)Nc1ccc(O)c(-c2nnco2)c1. The fourth-order valence-corrected chi connectivity index (χ4v) is 2.36. The van der Waals surface area contributed by atoms with E-state index in [0.29, 0.717) is 17.7 Å². The van der Waals surface area contributed by atoms with Crippen LogP contribution >= 0.6 is 0 Å². The Hall–Kier alpha value is -2.37. The average molecular weight is 317 g/mol. The van der Waals surface area contributed by atoms with Crippen molar-refractivity contribution in [1.82, 2.24) is 10.2 Å². The quantitative estimate of drug-likeness (QED) is 0.536.